The van der Waals surface area contributed by atoms with Gasteiger partial charge in [0.15, 0.2) is 5.69 Å². The van der Waals surface area contributed by atoms with Crippen molar-refractivity contribution in [3.05, 3.63) is 33.5 Å². The highest BCUT2D eigenvalue weighted by molar-refractivity contribution is 7.14. The van der Waals surface area contributed by atoms with Crippen LogP contribution in [-0.2, 0) is 21.2 Å². The lowest BCUT2D eigenvalue weighted by Crippen LogP contribution is -2.60. The standard InChI is InChI=1S/C13H10F3N3O2S2/c1-12(7-2-3-22-5-7)4-9(20)18-19(10(12)21)11-17-8(6-23-11)13(14,15)16/h2-3,5-6H,4H2,1H3,(H,18,20). The van der Waals surface area contributed by atoms with Gasteiger partial charge in [-0.05, 0) is 29.3 Å². The van der Waals surface area contributed by atoms with E-state index in [2.05, 4.69) is 10.4 Å². The number of hydrazine groups is 1. The van der Waals surface area contributed by atoms with Crippen LogP contribution in [0.4, 0.5) is 18.3 Å². The van der Waals surface area contributed by atoms with Gasteiger partial charge in [0.05, 0.1) is 5.41 Å². The normalized spacial score (nSPS) is 22.3. The van der Waals surface area contributed by atoms with E-state index >= 15 is 0 Å². The van der Waals surface area contributed by atoms with E-state index in [0.29, 0.717) is 16.9 Å². The second-order valence-electron chi connectivity index (χ2n) is 5.21. The van der Waals surface area contributed by atoms with Crippen LogP contribution in [0.1, 0.15) is 24.6 Å². The van der Waals surface area contributed by atoms with Crippen LogP contribution in [0.5, 0.6) is 0 Å². The molecule has 1 aliphatic heterocycles. The Hall–Kier alpha value is -1.94. The van der Waals surface area contributed by atoms with Crippen LogP contribution in [0.2, 0.25) is 0 Å². The van der Waals surface area contributed by atoms with E-state index < -0.39 is 29.1 Å². The summed E-state index contributed by atoms with van der Waals surface area (Å²) in [5, 5.41) is 4.93. The molecule has 1 aliphatic rings. The summed E-state index contributed by atoms with van der Waals surface area (Å²) < 4.78 is 38.0. The summed E-state index contributed by atoms with van der Waals surface area (Å²) in [5.41, 5.74) is 0.718. The highest BCUT2D eigenvalue weighted by Gasteiger charge is 2.47. The van der Waals surface area contributed by atoms with Gasteiger partial charge in [-0.25, -0.2) is 4.98 Å². The Morgan fingerprint density at radius 3 is 2.65 bits per heavy atom. The Morgan fingerprint density at radius 1 is 1.35 bits per heavy atom. The molecule has 10 heteroatoms. The monoisotopic (exact) mass is 361 g/mol. The predicted molar refractivity (Wildman–Crippen MR) is 79.0 cm³/mol. The molecule has 1 fully saturated rings. The molecule has 0 radical (unpaired) electrons. The third-order valence-corrected chi connectivity index (χ3v) is 5.07. The number of nitrogens with one attached hydrogen (secondary N) is 1. The van der Waals surface area contributed by atoms with Crippen molar-refractivity contribution in [2.24, 2.45) is 0 Å². The van der Waals surface area contributed by atoms with Crippen molar-refractivity contribution in [2.45, 2.75) is 24.9 Å². The second kappa shape index (κ2) is 5.31. The van der Waals surface area contributed by atoms with Crippen molar-refractivity contribution < 1.29 is 22.8 Å². The number of aromatic nitrogens is 1. The first-order chi connectivity index (χ1) is 10.7. The Morgan fingerprint density at radius 2 is 2.09 bits per heavy atom. The SMILES string of the molecule is CC1(c2ccsc2)CC(=O)NN(c2nc(C(F)(F)F)cs2)C1=O. The maximum Gasteiger partial charge on any atom is 0.434 e. The minimum Gasteiger partial charge on any atom is -0.273 e. The van der Waals surface area contributed by atoms with Crippen LogP contribution in [-0.4, -0.2) is 16.8 Å². The van der Waals surface area contributed by atoms with Gasteiger partial charge >= 0.3 is 6.18 Å². The zero-order valence-corrected chi connectivity index (χ0v) is 13.3. The predicted octanol–water partition coefficient (Wildman–Crippen LogP) is 2.95. The van der Waals surface area contributed by atoms with E-state index in [4.69, 9.17) is 0 Å². The molecule has 1 N–H and O–H groups in total. The average Bonchev–Trinajstić information content (AvgIpc) is 3.12. The third-order valence-electron chi connectivity index (χ3n) is 3.56. The molecule has 0 aliphatic carbocycles. The quantitative estimate of drug-likeness (QED) is 0.895. The van der Waals surface area contributed by atoms with E-state index in [-0.39, 0.29) is 11.6 Å². The smallest absolute Gasteiger partial charge is 0.273 e. The number of alkyl halides is 3. The van der Waals surface area contributed by atoms with Crippen molar-refractivity contribution in [1.29, 1.82) is 0 Å². The van der Waals surface area contributed by atoms with Gasteiger partial charge in [0, 0.05) is 11.8 Å². The molecule has 0 spiro atoms. The molecule has 5 nitrogen and oxygen atoms in total. The lowest BCUT2D eigenvalue weighted by molar-refractivity contribution is -0.140. The van der Waals surface area contributed by atoms with Gasteiger partial charge in [0.2, 0.25) is 11.0 Å². The zero-order chi connectivity index (χ0) is 16.8. The Bertz CT molecular complexity index is 757. The van der Waals surface area contributed by atoms with Gasteiger partial charge in [-0.2, -0.15) is 29.5 Å². The minimum absolute atomic E-state index is 0.0728. The van der Waals surface area contributed by atoms with E-state index in [1.807, 2.05) is 0 Å². The van der Waals surface area contributed by atoms with Gasteiger partial charge < -0.3 is 0 Å². The Balaban J connectivity index is 1.98. The molecule has 1 unspecified atom stereocenters. The first-order valence-corrected chi connectivity index (χ1v) is 8.23. The van der Waals surface area contributed by atoms with Crippen LogP contribution >= 0.6 is 22.7 Å². The first-order valence-electron chi connectivity index (χ1n) is 6.41. The zero-order valence-electron chi connectivity index (χ0n) is 11.7. The summed E-state index contributed by atoms with van der Waals surface area (Å²) in [4.78, 5) is 28.1. The van der Waals surface area contributed by atoms with Gasteiger partial charge in [-0.15, -0.1) is 11.3 Å². The van der Waals surface area contributed by atoms with Crippen LogP contribution in [0.3, 0.4) is 0 Å². The molecule has 2 aromatic heterocycles. The van der Waals surface area contributed by atoms with E-state index in [0.717, 1.165) is 10.4 Å². The topological polar surface area (TPSA) is 62.3 Å². The van der Waals surface area contributed by atoms with E-state index in [9.17, 15) is 22.8 Å². The van der Waals surface area contributed by atoms with Gasteiger partial charge in [-0.3, -0.25) is 15.0 Å². The molecule has 0 aromatic carbocycles. The molecule has 2 amide bonds. The third kappa shape index (κ3) is 2.72. The molecule has 1 saturated heterocycles. The number of amides is 2. The van der Waals surface area contributed by atoms with Crippen LogP contribution < -0.4 is 10.4 Å². The molecule has 3 rings (SSSR count). The highest BCUT2D eigenvalue weighted by Crippen LogP contribution is 2.38. The Kier molecular flexibility index (Phi) is 3.68. The van der Waals surface area contributed by atoms with Gasteiger partial charge in [0.25, 0.3) is 5.91 Å². The highest BCUT2D eigenvalue weighted by atomic mass is 32.1. The number of anilines is 1. The number of thiophene rings is 1. The Labute approximate surface area is 136 Å². The van der Waals surface area contributed by atoms with E-state index in [1.54, 1.807) is 23.8 Å². The van der Waals surface area contributed by atoms with Gasteiger partial charge in [0.1, 0.15) is 0 Å². The molecular formula is C13H10F3N3O2S2. The van der Waals surface area contributed by atoms with Crippen molar-refractivity contribution >= 4 is 39.6 Å². The molecule has 0 saturated carbocycles. The maximum absolute atomic E-state index is 12.8. The van der Waals surface area contributed by atoms with Crippen LogP contribution in [0, 0.1) is 0 Å². The van der Waals surface area contributed by atoms with E-state index in [1.165, 1.54) is 11.3 Å². The van der Waals surface area contributed by atoms with Crippen molar-refractivity contribution in [3.63, 3.8) is 0 Å². The van der Waals surface area contributed by atoms with Crippen molar-refractivity contribution in [1.82, 2.24) is 10.4 Å². The van der Waals surface area contributed by atoms with Crippen LogP contribution in [0.15, 0.2) is 22.2 Å². The minimum atomic E-state index is -4.60. The van der Waals surface area contributed by atoms with Crippen molar-refractivity contribution in [2.75, 3.05) is 5.01 Å². The summed E-state index contributed by atoms with van der Waals surface area (Å²) >= 11 is 2.02. The largest absolute Gasteiger partial charge is 0.434 e. The molecular weight excluding hydrogens is 351 g/mol. The number of thiazole rings is 1. The first kappa shape index (κ1) is 15.9. The fourth-order valence-electron chi connectivity index (χ4n) is 2.29. The summed E-state index contributed by atoms with van der Waals surface area (Å²) in [6.07, 6.45) is -4.68. The maximum atomic E-state index is 12.8. The molecule has 2 aromatic rings. The number of halogens is 3. The number of rotatable bonds is 2. The lowest BCUT2D eigenvalue weighted by atomic mass is 9.78. The average molecular weight is 361 g/mol. The molecule has 122 valence electrons. The summed E-state index contributed by atoms with van der Waals surface area (Å²) in [7, 11) is 0. The van der Waals surface area contributed by atoms with Crippen molar-refractivity contribution in [3.8, 4) is 0 Å². The van der Waals surface area contributed by atoms with Gasteiger partial charge in [-0.1, -0.05) is 0 Å². The number of hydrogen-bond acceptors (Lipinski definition) is 5. The molecule has 1 atom stereocenters. The number of nitrogens with zero attached hydrogens (tertiary/aromatic N) is 2. The molecule has 0 bridgehead atoms. The number of carbonyl (C=O) groups excluding carboxylic acids is 2. The summed E-state index contributed by atoms with van der Waals surface area (Å²) in [5.74, 6) is -0.972. The fraction of sp³-hybridized carbons (Fsp3) is 0.308. The fourth-order valence-corrected chi connectivity index (χ4v) is 3.87. The molecule has 23 heavy (non-hydrogen) atoms. The second-order valence-corrected chi connectivity index (χ2v) is 6.83. The summed E-state index contributed by atoms with van der Waals surface area (Å²) in [6, 6.07) is 1.72. The molecule has 3 heterocycles. The lowest BCUT2D eigenvalue weighted by Gasteiger charge is -2.37. The summed E-state index contributed by atoms with van der Waals surface area (Å²) in [6.45, 7) is 1.60. The van der Waals surface area contributed by atoms with Crippen LogP contribution in [0.25, 0.3) is 0 Å². The number of hydrogen-bond donors (Lipinski definition) is 1. The number of carbonyl (C=O) groups is 2.